The summed E-state index contributed by atoms with van der Waals surface area (Å²) in [4.78, 5) is 25.3. The first kappa shape index (κ1) is 21.9. The number of benzene rings is 2. The molecule has 0 unspecified atom stereocenters. The highest BCUT2D eigenvalue weighted by Gasteiger charge is 2.17. The number of rotatable bonds is 10. The Hall–Kier alpha value is -2.38. The number of nitrogens with one attached hydrogen (secondary N) is 2. The molecule has 2 rings (SSSR count). The third kappa shape index (κ3) is 6.35. The summed E-state index contributed by atoms with van der Waals surface area (Å²) in [7, 11) is 1.62. The topological polar surface area (TPSA) is 76.7 Å². The minimum atomic E-state index is -0.341. The number of halogens is 1. The van der Waals surface area contributed by atoms with Crippen LogP contribution in [0, 0.1) is 0 Å². The van der Waals surface area contributed by atoms with E-state index in [1.807, 2.05) is 13.0 Å². The van der Waals surface area contributed by atoms with E-state index in [1.54, 1.807) is 43.5 Å². The summed E-state index contributed by atoms with van der Waals surface area (Å²) in [6.07, 6.45) is 1.55. The van der Waals surface area contributed by atoms with E-state index in [1.165, 1.54) is 0 Å². The van der Waals surface area contributed by atoms with Crippen molar-refractivity contribution >= 4 is 33.4 Å². The van der Waals surface area contributed by atoms with Crippen LogP contribution < -0.4 is 15.4 Å². The summed E-state index contributed by atoms with van der Waals surface area (Å²) >= 11 is 3.39. The number of hydrogen-bond donors (Lipinski definition) is 2. The van der Waals surface area contributed by atoms with Crippen LogP contribution in [0.3, 0.4) is 0 Å². The number of carbonyl (C=O) groups excluding carboxylic acids is 2. The SMILES string of the molecule is CCCOc1ccc(Br)cc1C(=O)Nc1ccccc1C(=O)NCCCOC. The van der Waals surface area contributed by atoms with E-state index >= 15 is 0 Å². The Morgan fingerprint density at radius 3 is 2.57 bits per heavy atom. The molecule has 0 radical (unpaired) electrons. The molecule has 6 nitrogen and oxygen atoms in total. The van der Waals surface area contributed by atoms with Gasteiger partial charge in [0.2, 0.25) is 0 Å². The molecule has 0 aliphatic heterocycles. The molecule has 28 heavy (non-hydrogen) atoms. The molecular formula is C21H25BrN2O4. The van der Waals surface area contributed by atoms with Crippen molar-refractivity contribution < 1.29 is 19.1 Å². The Labute approximate surface area is 173 Å². The molecule has 0 aliphatic carbocycles. The quantitative estimate of drug-likeness (QED) is 0.532. The van der Waals surface area contributed by atoms with Crippen molar-refractivity contribution in [2.24, 2.45) is 0 Å². The maximum atomic E-state index is 12.9. The molecule has 2 N–H and O–H groups in total. The Balaban J connectivity index is 2.16. The van der Waals surface area contributed by atoms with Gasteiger partial charge in [0.15, 0.2) is 0 Å². The van der Waals surface area contributed by atoms with Gasteiger partial charge >= 0.3 is 0 Å². The van der Waals surface area contributed by atoms with Crippen molar-refractivity contribution in [1.82, 2.24) is 5.32 Å². The van der Waals surface area contributed by atoms with E-state index in [0.29, 0.717) is 48.7 Å². The van der Waals surface area contributed by atoms with Crippen LogP contribution in [-0.4, -0.2) is 38.7 Å². The molecule has 0 saturated heterocycles. The van der Waals surface area contributed by atoms with Crippen LogP contribution in [0.2, 0.25) is 0 Å². The molecule has 0 fully saturated rings. The highest BCUT2D eigenvalue weighted by molar-refractivity contribution is 9.10. The number of methoxy groups -OCH3 is 1. The van der Waals surface area contributed by atoms with Gasteiger partial charge in [0, 0.05) is 24.7 Å². The van der Waals surface area contributed by atoms with Gasteiger partial charge in [-0.15, -0.1) is 0 Å². The fourth-order valence-electron chi connectivity index (χ4n) is 2.51. The summed E-state index contributed by atoms with van der Waals surface area (Å²) in [5.41, 5.74) is 1.25. The van der Waals surface area contributed by atoms with E-state index in [-0.39, 0.29) is 11.8 Å². The second kappa shape index (κ2) is 11.5. The number of anilines is 1. The van der Waals surface area contributed by atoms with Crippen LogP contribution in [0.5, 0.6) is 5.75 Å². The third-order valence-corrected chi connectivity index (χ3v) is 4.37. The van der Waals surface area contributed by atoms with E-state index in [2.05, 4.69) is 26.6 Å². The maximum Gasteiger partial charge on any atom is 0.259 e. The zero-order valence-electron chi connectivity index (χ0n) is 16.1. The molecule has 7 heteroatoms. The zero-order valence-corrected chi connectivity index (χ0v) is 17.7. The van der Waals surface area contributed by atoms with E-state index in [4.69, 9.17) is 9.47 Å². The number of ether oxygens (including phenoxy) is 2. The number of para-hydroxylation sites is 1. The molecule has 0 atom stereocenters. The summed E-state index contributed by atoms with van der Waals surface area (Å²) in [5, 5.41) is 5.66. The molecule has 150 valence electrons. The van der Waals surface area contributed by atoms with Crippen molar-refractivity contribution in [3.05, 3.63) is 58.1 Å². The molecule has 0 heterocycles. The third-order valence-electron chi connectivity index (χ3n) is 3.88. The molecule has 0 aliphatic rings. The first-order valence-corrected chi connectivity index (χ1v) is 9.96. The van der Waals surface area contributed by atoms with Crippen molar-refractivity contribution in [3.63, 3.8) is 0 Å². The number of amides is 2. The monoisotopic (exact) mass is 448 g/mol. The van der Waals surface area contributed by atoms with Gasteiger partial charge in [-0.2, -0.15) is 0 Å². The van der Waals surface area contributed by atoms with Gasteiger partial charge < -0.3 is 20.1 Å². The Morgan fingerprint density at radius 1 is 1.04 bits per heavy atom. The summed E-state index contributed by atoms with van der Waals surface area (Å²) in [6, 6.07) is 12.2. The Morgan fingerprint density at radius 2 is 1.82 bits per heavy atom. The van der Waals surface area contributed by atoms with E-state index in [9.17, 15) is 9.59 Å². The van der Waals surface area contributed by atoms with Gasteiger partial charge in [0.1, 0.15) is 5.75 Å². The molecule has 2 aromatic rings. The average Bonchev–Trinajstić information content (AvgIpc) is 2.70. The Kier molecular flexibility index (Phi) is 8.97. The van der Waals surface area contributed by atoms with Crippen molar-refractivity contribution in [1.29, 1.82) is 0 Å². The fourth-order valence-corrected chi connectivity index (χ4v) is 2.87. The second-order valence-corrected chi connectivity index (χ2v) is 7.01. The first-order chi connectivity index (χ1) is 13.6. The lowest BCUT2D eigenvalue weighted by atomic mass is 10.1. The zero-order chi connectivity index (χ0) is 20.4. The predicted octanol–water partition coefficient (Wildman–Crippen LogP) is 4.26. The minimum Gasteiger partial charge on any atom is -0.493 e. The summed E-state index contributed by atoms with van der Waals surface area (Å²) < 4.78 is 11.4. The van der Waals surface area contributed by atoms with Crippen LogP contribution in [0.25, 0.3) is 0 Å². The van der Waals surface area contributed by atoms with Gasteiger partial charge in [0.05, 0.1) is 23.4 Å². The lowest BCUT2D eigenvalue weighted by Gasteiger charge is -2.14. The minimum absolute atomic E-state index is 0.247. The normalized spacial score (nSPS) is 10.4. The lowest BCUT2D eigenvalue weighted by molar-refractivity contribution is 0.0949. The van der Waals surface area contributed by atoms with Gasteiger partial charge in [-0.05, 0) is 43.2 Å². The molecule has 0 spiro atoms. The van der Waals surface area contributed by atoms with Crippen LogP contribution in [0.4, 0.5) is 5.69 Å². The molecular weight excluding hydrogens is 424 g/mol. The fraction of sp³-hybridized carbons (Fsp3) is 0.333. The highest BCUT2D eigenvalue weighted by Crippen LogP contribution is 2.25. The molecule has 2 amide bonds. The molecule has 2 aromatic carbocycles. The molecule has 0 saturated carbocycles. The van der Waals surface area contributed by atoms with Gasteiger partial charge in [-0.1, -0.05) is 35.0 Å². The van der Waals surface area contributed by atoms with Gasteiger partial charge in [-0.25, -0.2) is 0 Å². The first-order valence-electron chi connectivity index (χ1n) is 9.16. The van der Waals surface area contributed by atoms with Crippen LogP contribution in [0.1, 0.15) is 40.5 Å². The van der Waals surface area contributed by atoms with Crippen LogP contribution in [-0.2, 0) is 4.74 Å². The number of carbonyl (C=O) groups is 2. The molecule has 0 aromatic heterocycles. The van der Waals surface area contributed by atoms with Crippen molar-refractivity contribution in [3.8, 4) is 5.75 Å². The average molecular weight is 449 g/mol. The van der Waals surface area contributed by atoms with Crippen molar-refractivity contribution in [2.45, 2.75) is 19.8 Å². The van der Waals surface area contributed by atoms with Crippen LogP contribution >= 0.6 is 15.9 Å². The predicted molar refractivity (Wildman–Crippen MR) is 113 cm³/mol. The molecule has 0 bridgehead atoms. The highest BCUT2D eigenvalue weighted by atomic mass is 79.9. The van der Waals surface area contributed by atoms with E-state index < -0.39 is 0 Å². The van der Waals surface area contributed by atoms with Gasteiger partial charge in [-0.3, -0.25) is 9.59 Å². The standard InChI is InChI=1S/C21H25BrN2O4/c1-3-12-28-19-10-9-15(22)14-17(19)21(26)24-18-8-5-4-7-16(18)20(25)23-11-6-13-27-2/h4-5,7-10,14H,3,6,11-13H2,1-2H3,(H,23,25)(H,24,26). The smallest absolute Gasteiger partial charge is 0.259 e. The Bertz CT molecular complexity index is 811. The van der Waals surface area contributed by atoms with E-state index in [0.717, 1.165) is 10.9 Å². The summed E-state index contributed by atoms with van der Waals surface area (Å²) in [6.45, 7) is 3.58. The maximum absolute atomic E-state index is 12.9. The lowest BCUT2D eigenvalue weighted by Crippen LogP contribution is -2.26. The van der Waals surface area contributed by atoms with Crippen molar-refractivity contribution in [2.75, 3.05) is 32.2 Å². The largest absolute Gasteiger partial charge is 0.493 e. The summed E-state index contributed by atoms with van der Waals surface area (Å²) in [5.74, 6) is -0.0835. The second-order valence-electron chi connectivity index (χ2n) is 6.09. The van der Waals surface area contributed by atoms with Gasteiger partial charge in [0.25, 0.3) is 11.8 Å². The van der Waals surface area contributed by atoms with Crippen LogP contribution in [0.15, 0.2) is 46.9 Å². The number of hydrogen-bond acceptors (Lipinski definition) is 4.